The molecule has 0 atom stereocenters. The van der Waals surface area contributed by atoms with Gasteiger partial charge in [0.1, 0.15) is 5.69 Å². The van der Waals surface area contributed by atoms with E-state index in [1.807, 2.05) is 13.8 Å². The lowest BCUT2D eigenvalue weighted by Crippen LogP contribution is -2.50. The molecule has 2 aromatic heterocycles. The van der Waals surface area contributed by atoms with Crippen LogP contribution in [-0.4, -0.2) is 65.2 Å². The number of aromatic nitrogens is 1. The number of carbonyl (C=O) groups excluding carboxylic acids is 3. The summed E-state index contributed by atoms with van der Waals surface area (Å²) in [6, 6.07) is 6.40. The average molecular weight is 384 g/mol. The topological polar surface area (TPSA) is 95.8 Å². The fourth-order valence-corrected chi connectivity index (χ4v) is 2.92. The molecule has 0 bridgehead atoms. The number of hydrogen-bond acceptors (Lipinski definition) is 5. The highest BCUT2D eigenvalue weighted by Crippen LogP contribution is 2.12. The molecule has 3 heterocycles. The highest BCUT2D eigenvalue weighted by Gasteiger charge is 2.27. The van der Waals surface area contributed by atoms with E-state index in [1.165, 1.54) is 18.5 Å². The Morgan fingerprint density at radius 3 is 2.39 bits per heavy atom. The van der Waals surface area contributed by atoms with Gasteiger partial charge in [-0.2, -0.15) is 0 Å². The van der Waals surface area contributed by atoms with Crippen LogP contribution in [0.5, 0.6) is 0 Å². The molecule has 1 aliphatic rings. The number of rotatable bonds is 5. The second-order valence-corrected chi connectivity index (χ2v) is 7.10. The lowest BCUT2D eigenvalue weighted by atomic mass is 10.1. The van der Waals surface area contributed by atoms with Crippen LogP contribution in [0.25, 0.3) is 0 Å². The number of nitrogens with one attached hydrogen (secondary N) is 1. The van der Waals surface area contributed by atoms with Crippen molar-refractivity contribution in [2.24, 2.45) is 5.92 Å². The predicted octanol–water partition coefficient (Wildman–Crippen LogP) is 1.66. The normalized spacial score (nSPS) is 14.2. The second kappa shape index (κ2) is 8.69. The number of pyridine rings is 1. The summed E-state index contributed by atoms with van der Waals surface area (Å²) < 4.78 is 5.14. The Labute approximate surface area is 163 Å². The SMILES string of the molecule is CC(C)CNC(=O)c1ccnc(C(=O)N2CCN(C(=O)c3ccco3)CC2)c1. The van der Waals surface area contributed by atoms with Gasteiger partial charge >= 0.3 is 0 Å². The van der Waals surface area contributed by atoms with Gasteiger partial charge in [-0.1, -0.05) is 13.8 Å². The molecule has 0 aliphatic carbocycles. The summed E-state index contributed by atoms with van der Waals surface area (Å²) in [6.07, 6.45) is 2.93. The molecule has 1 fully saturated rings. The van der Waals surface area contributed by atoms with Crippen LogP contribution >= 0.6 is 0 Å². The maximum atomic E-state index is 12.8. The second-order valence-electron chi connectivity index (χ2n) is 7.10. The van der Waals surface area contributed by atoms with Crippen LogP contribution in [0.1, 0.15) is 45.2 Å². The zero-order valence-electron chi connectivity index (χ0n) is 16.1. The van der Waals surface area contributed by atoms with Crippen LogP contribution in [-0.2, 0) is 0 Å². The molecule has 8 heteroatoms. The molecule has 2 aromatic rings. The van der Waals surface area contributed by atoms with E-state index < -0.39 is 0 Å². The van der Waals surface area contributed by atoms with Gasteiger partial charge in [-0.05, 0) is 30.2 Å². The molecule has 1 N–H and O–H groups in total. The Kier molecular flexibility index (Phi) is 6.08. The molecule has 8 nitrogen and oxygen atoms in total. The van der Waals surface area contributed by atoms with E-state index in [0.717, 1.165) is 0 Å². The number of carbonyl (C=O) groups is 3. The van der Waals surface area contributed by atoms with Crippen LogP contribution in [0.3, 0.4) is 0 Å². The van der Waals surface area contributed by atoms with Crippen molar-refractivity contribution >= 4 is 17.7 Å². The number of amides is 3. The Hall–Kier alpha value is -3.16. The Morgan fingerprint density at radius 2 is 1.79 bits per heavy atom. The Bertz CT molecular complexity index is 840. The average Bonchev–Trinajstić information content (AvgIpc) is 3.26. The van der Waals surface area contributed by atoms with E-state index in [1.54, 1.807) is 28.0 Å². The fourth-order valence-electron chi connectivity index (χ4n) is 2.92. The molecule has 0 aromatic carbocycles. The summed E-state index contributed by atoms with van der Waals surface area (Å²) in [5.74, 6) is -0.0182. The van der Waals surface area contributed by atoms with Gasteiger partial charge in [0.2, 0.25) is 0 Å². The molecule has 1 saturated heterocycles. The minimum absolute atomic E-state index is 0.181. The smallest absolute Gasteiger partial charge is 0.289 e. The first-order valence-corrected chi connectivity index (χ1v) is 9.32. The maximum Gasteiger partial charge on any atom is 0.289 e. The van der Waals surface area contributed by atoms with Crippen molar-refractivity contribution in [3.05, 3.63) is 53.7 Å². The summed E-state index contributed by atoms with van der Waals surface area (Å²) in [6.45, 7) is 6.22. The molecule has 3 amide bonds. The van der Waals surface area contributed by atoms with Crippen LogP contribution in [0.2, 0.25) is 0 Å². The third kappa shape index (κ3) is 4.57. The number of furan rings is 1. The molecule has 0 saturated carbocycles. The molecule has 0 spiro atoms. The summed E-state index contributed by atoms with van der Waals surface area (Å²) >= 11 is 0. The van der Waals surface area contributed by atoms with Gasteiger partial charge in [0.05, 0.1) is 6.26 Å². The number of piperazine rings is 1. The first-order chi connectivity index (χ1) is 13.5. The lowest BCUT2D eigenvalue weighted by molar-refractivity contribution is 0.0515. The van der Waals surface area contributed by atoms with E-state index in [9.17, 15) is 14.4 Å². The monoisotopic (exact) mass is 384 g/mol. The summed E-state index contributed by atoms with van der Waals surface area (Å²) in [5, 5.41) is 2.83. The van der Waals surface area contributed by atoms with E-state index in [4.69, 9.17) is 4.42 Å². The van der Waals surface area contributed by atoms with Gasteiger partial charge in [0, 0.05) is 44.5 Å². The van der Waals surface area contributed by atoms with Crippen LogP contribution in [0, 0.1) is 5.92 Å². The minimum Gasteiger partial charge on any atom is -0.459 e. The molecule has 0 unspecified atom stereocenters. The molecule has 1 aliphatic heterocycles. The Balaban J connectivity index is 1.60. The zero-order chi connectivity index (χ0) is 20.1. The summed E-state index contributed by atoms with van der Waals surface area (Å²) in [7, 11) is 0. The number of hydrogen-bond donors (Lipinski definition) is 1. The zero-order valence-corrected chi connectivity index (χ0v) is 16.1. The quantitative estimate of drug-likeness (QED) is 0.846. The Morgan fingerprint density at radius 1 is 1.11 bits per heavy atom. The molecule has 3 rings (SSSR count). The largest absolute Gasteiger partial charge is 0.459 e. The van der Waals surface area contributed by atoms with Crippen molar-refractivity contribution < 1.29 is 18.8 Å². The third-order valence-corrected chi connectivity index (χ3v) is 4.50. The fraction of sp³-hybridized carbons (Fsp3) is 0.400. The van der Waals surface area contributed by atoms with Gasteiger partial charge < -0.3 is 19.5 Å². The highest BCUT2D eigenvalue weighted by atomic mass is 16.3. The van der Waals surface area contributed by atoms with E-state index in [-0.39, 0.29) is 23.4 Å². The van der Waals surface area contributed by atoms with Gasteiger partial charge in [-0.25, -0.2) is 0 Å². The highest BCUT2D eigenvalue weighted by molar-refractivity contribution is 5.98. The molecule has 148 valence electrons. The number of nitrogens with zero attached hydrogens (tertiary/aromatic N) is 3. The van der Waals surface area contributed by atoms with Crippen molar-refractivity contribution in [2.75, 3.05) is 32.7 Å². The molecule has 28 heavy (non-hydrogen) atoms. The molecular weight excluding hydrogens is 360 g/mol. The van der Waals surface area contributed by atoms with Gasteiger partial charge in [-0.3, -0.25) is 19.4 Å². The summed E-state index contributed by atoms with van der Waals surface area (Å²) in [5.41, 5.74) is 0.633. The standard InChI is InChI=1S/C20H24N4O4/c1-14(2)13-22-18(25)15-5-6-21-16(12-15)19(26)23-7-9-24(10-8-23)20(27)17-4-3-11-28-17/h3-6,11-12,14H,7-10,13H2,1-2H3,(H,22,25). The van der Waals surface area contributed by atoms with Crippen molar-refractivity contribution in [3.8, 4) is 0 Å². The first-order valence-electron chi connectivity index (χ1n) is 9.32. The first kappa shape index (κ1) is 19.6. The maximum absolute atomic E-state index is 12.8. The van der Waals surface area contributed by atoms with Crippen LogP contribution < -0.4 is 5.32 Å². The summed E-state index contributed by atoms with van der Waals surface area (Å²) in [4.78, 5) is 44.7. The van der Waals surface area contributed by atoms with Crippen LogP contribution in [0.15, 0.2) is 41.1 Å². The van der Waals surface area contributed by atoms with Crippen molar-refractivity contribution in [2.45, 2.75) is 13.8 Å². The van der Waals surface area contributed by atoms with Gasteiger partial charge in [0.25, 0.3) is 17.7 Å². The lowest BCUT2D eigenvalue weighted by Gasteiger charge is -2.34. The minimum atomic E-state index is -0.247. The van der Waals surface area contributed by atoms with Gasteiger partial charge in [0.15, 0.2) is 5.76 Å². The van der Waals surface area contributed by atoms with Crippen molar-refractivity contribution in [1.29, 1.82) is 0 Å². The predicted molar refractivity (Wildman–Crippen MR) is 102 cm³/mol. The van der Waals surface area contributed by atoms with Crippen molar-refractivity contribution in [3.63, 3.8) is 0 Å². The van der Waals surface area contributed by atoms with Crippen LogP contribution in [0.4, 0.5) is 0 Å². The van der Waals surface area contributed by atoms with E-state index >= 15 is 0 Å². The molecule has 0 radical (unpaired) electrons. The van der Waals surface area contributed by atoms with Gasteiger partial charge in [-0.15, -0.1) is 0 Å². The molecular formula is C20H24N4O4. The van der Waals surface area contributed by atoms with Crippen molar-refractivity contribution in [1.82, 2.24) is 20.1 Å². The van der Waals surface area contributed by atoms with E-state index in [0.29, 0.717) is 50.0 Å². The van der Waals surface area contributed by atoms with E-state index in [2.05, 4.69) is 10.3 Å². The third-order valence-electron chi connectivity index (χ3n) is 4.50.